The predicted molar refractivity (Wildman–Crippen MR) is 102 cm³/mol. The van der Waals surface area contributed by atoms with Crippen molar-refractivity contribution in [1.29, 1.82) is 0 Å². The lowest BCUT2D eigenvalue weighted by molar-refractivity contribution is 0.0447. The Kier molecular flexibility index (Phi) is 5.13. The van der Waals surface area contributed by atoms with Gasteiger partial charge in [0.25, 0.3) is 0 Å². The number of hydrogen-bond acceptors (Lipinski definition) is 6. The second-order valence-corrected chi connectivity index (χ2v) is 7.96. The van der Waals surface area contributed by atoms with Gasteiger partial charge >= 0.3 is 0 Å². The van der Waals surface area contributed by atoms with Crippen LogP contribution in [0.15, 0.2) is 28.1 Å². The van der Waals surface area contributed by atoms with Gasteiger partial charge in [0.15, 0.2) is 4.96 Å². The molecule has 4 heterocycles. The molecule has 1 fully saturated rings. The van der Waals surface area contributed by atoms with Crippen LogP contribution in [0.25, 0.3) is 4.96 Å². The van der Waals surface area contributed by atoms with Gasteiger partial charge in [-0.2, -0.15) is 0 Å². The van der Waals surface area contributed by atoms with Crippen LogP contribution in [-0.2, 0) is 13.1 Å². The van der Waals surface area contributed by atoms with Crippen molar-refractivity contribution in [3.63, 3.8) is 0 Å². The second kappa shape index (κ2) is 7.52. The van der Waals surface area contributed by atoms with Crippen LogP contribution in [0.1, 0.15) is 29.3 Å². The third-order valence-electron chi connectivity index (χ3n) is 5.24. The average molecular weight is 375 g/mol. The maximum absolute atomic E-state index is 9.53. The third kappa shape index (κ3) is 3.57. The summed E-state index contributed by atoms with van der Waals surface area (Å²) in [5.41, 5.74) is 2.39. The number of fused-ring (bicyclic) bond motifs is 1. The minimum absolute atomic E-state index is 0.215. The molecule has 1 aliphatic heterocycles. The standard InChI is InChI=1S/C19H26N4O2S/c1-14-3-4-17(25-14)12-22-7-6-21(11-16(22)5-9-24)13-18-15(2)20-19-23(18)8-10-26-19/h3-4,8,10,16,24H,5-7,9,11-13H2,1-2H3/t16-/m0/s1. The van der Waals surface area contributed by atoms with Crippen LogP contribution in [0, 0.1) is 13.8 Å². The van der Waals surface area contributed by atoms with Crippen LogP contribution < -0.4 is 0 Å². The Bertz CT molecular complexity index is 868. The molecule has 0 unspecified atom stereocenters. The lowest BCUT2D eigenvalue weighted by Gasteiger charge is -2.41. The van der Waals surface area contributed by atoms with E-state index in [1.54, 1.807) is 11.3 Å². The zero-order valence-corrected chi connectivity index (χ0v) is 16.2. The monoisotopic (exact) mass is 374 g/mol. The van der Waals surface area contributed by atoms with Gasteiger partial charge in [-0.05, 0) is 32.4 Å². The van der Waals surface area contributed by atoms with E-state index in [2.05, 4.69) is 43.8 Å². The van der Waals surface area contributed by atoms with Crippen LogP contribution in [-0.4, -0.2) is 56.6 Å². The molecule has 0 aliphatic carbocycles. The van der Waals surface area contributed by atoms with Gasteiger partial charge in [-0.25, -0.2) is 4.98 Å². The molecule has 1 atom stereocenters. The Hall–Kier alpha value is -1.67. The lowest BCUT2D eigenvalue weighted by atomic mass is 10.1. The van der Waals surface area contributed by atoms with Crippen molar-refractivity contribution in [1.82, 2.24) is 19.2 Å². The molecular weight excluding hydrogens is 348 g/mol. The fraction of sp³-hybridized carbons (Fsp3) is 0.526. The molecule has 1 aliphatic rings. The molecule has 0 saturated carbocycles. The van der Waals surface area contributed by atoms with Gasteiger partial charge in [-0.1, -0.05) is 0 Å². The molecule has 0 radical (unpaired) electrons. The maximum atomic E-state index is 9.53. The van der Waals surface area contributed by atoms with Gasteiger partial charge in [0.2, 0.25) is 0 Å². The SMILES string of the molecule is Cc1ccc(CN2CCN(Cc3c(C)nc4sccn34)C[C@@H]2CCO)o1. The van der Waals surface area contributed by atoms with E-state index in [1.807, 2.05) is 13.0 Å². The van der Waals surface area contributed by atoms with E-state index < -0.39 is 0 Å². The van der Waals surface area contributed by atoms with Crippen LogP contribution in [0.4, 0.5) is 0 Å². The third-order valence-corrected chi connectivity index (χ3v) is 6.00. The summed E-state index contributed by atoms with van der Waals surface area (Å²) in [4.78, 5) is 10.6. The number of piperazine rings is 1. The first-order chi connectivity index (χ1) is 12.6. The minimum Gasteiger partial charge on any atom is -0.465 e. The molecule has 1 N–H and O–H groups in total. The van der Waals surface area contributed by atoms with E-state index in [0.717, 1.165) is 61.3 Å². The van der Waals surface area contributed by atoms with Crippen LogP contribution in [0.3, 0.4) is 0 Å². The molecular formula is C19H26N4O2S. The molecule has 6 nitrogen and oxygen atoms in total. The Morgan fingerprint density at radius 1 is 1.27 bits per heavy atom. The van der Waals surface area contributed by atoms with Crippen molar-refractivity contribution in [3.8, 4) is 0 Å². The summed E-state index contributed by atoms with van der Waals surface area (Å²) in [7, 11) is 0. The number of aryl methyl sites for hydroxylation is 2. The van der Waals surface area contributed by atoms with Gasteiger partial charge in [-0.3, -0.25) is 14.2 Å². The zero-order valence-electron chi connectivity index (χ0n) is 15.4. The molecule has 0 amide bonds. The van der Waals surface area contributed by atoms with Crippen molar-refractivity contribution in [3.05, 3.63) is 46.6 Å². The number of rotatable bonds is 6. The van der Waals surface area contributed by atoms with E-state index in [0.29, 0.717) is 6.04 Å². The average Bonchev–Trinajstić information content (AvgIpc) is 3.29. The van der Waals surface area contributed by atoms with Crippen LogP contribution in [0.2, 0.25) is 0 Å². The molecule has 3 aromatic rings. The summed E-state index contributed by atoms with van der Waals surface area (Å²) in [6.07, 6.45) is 2.89. The smallest absolute Gasteiger partial charge is 0.194 e. The molecule has 0 spiro atoms. The molecule has 4 rings (SSSR count). The number of aliphatic hydroxyl groups is 1. The normalized spacial score (nSPS) is 19.6. The number of hydrogen-bond donors (Lipinski definition) is 1. The molecule has 0 bridgehead atoms. The Morgan fingerprint density at radius 2 is 2.15 bits per heavy atom. The van der Waals surface area contributed by atoms with Crippen molar-refractivity contribution >= 4 is 16.3 Å². The van der Waals surface area contributed by atoms with Gasteiger partial charge in [-0.15, -0.1) is 11.3 Å². The molecule has 7 heteroatoms. The lowest BCUT2D eigenvalue weighted by Crippen LogP contribution is -2.52. The first-order valence-electron chi connectivity index (χ1n) is 9.17. The Balaban J connectivity index is 1.45. The summed E-state index contributed by atoms with van der Waals surface area (Å²) in [5, 5.41) is 11.6. The first kappa shape index (κ1) is 17.7. The summed E-state index contributed by atoms with van der Waals surface area (Å²) < 4.78 is 7.96. The van der Waals surface area contributed by atoms with Crippen molar-refractivity contribution in [2.45, 2.75) is 39.4 Å². The van der Waals surface area contributed by atoms with Gasteiger partial charge in [0.05, 0.1) is 17.9 Å². The first-order valence-corrected chi connectivity index (χ1v) is 10.1. The summed E-state index contributed by atoms with van der Waals surface area (Å²) >= 11 is 1.68. The number of thiazole rings is 1. The number of aromatic nitrogens is 2. The highest BCUT2D eigenvalue weighted by Crippen LogP contribution is 2.22. The molecule has 140 valence electrons. The van der Waals surface area contributed by atoms with Crippen LogP contribution >= 0.6 is 11.3 Å². The topological polar surface area (TPSA) is 57.2 Å². The van der Waals surface area contributed by atoms with Gasteiger partial charge in [0, 0.05) is 50.4 Å². The predicted octanol–water partition coefficient (Wildman–Crippen LogP) is 2.67. The fourth-order valence-electron chi connectivity index (χ4n) is 3.85. The van der Waals surface area contributed by atoms with E-state index in [9.17, 15) is 5.11 Å². The molecule has 0 aromatic carbocycles. The summed E-state index contributed by atoms with van der Waals surface area (Å²) in [6.45, 7) is 8.95. The van der Waals surface area contributed by atoms with Crippen molar-refractivity contribution in [2.75, 3.05) is 26.2 Å². The Morgan fingerprint density at radius 3 is 2.92 bits per heavy atom. The number of furan rings is 1. The van der Waals surface area contributed by atoms with E-state index >= 15 is 0 Å². The highest BCUT2D eigenvalue weighted by molar-refractivity contribution is 7.15. The molecule has 1 saturated heterocycles. The number of nitrogens with zero attached hydrogens (tertiary/aromatic N) is 4. The van der Waals surface area contributed by atoms with Crippen LogP contribution in [0.5, 0.6) is 0 Å². The highest BCUT2D eigenvalue weighted by atomic mass is 32.1. The minimum atomic E-state index is 0.215. The van der Waals surface area contributed by atoms with Gasteiger partial charge < -0.3 is 9.52 Å². The van der Waals surface area contributed by atoms with Crippen molar-refractivity contribution in [2.24, 2.45) is 0 Å². The summed E-state index contributed by atoms with van der Waals surface area (Å²) in [6, 6.07) is 4.41. The number of imidazole rings is 1. The second-order valence-electron chi connectivity index (χ2n) is 7.08. The maximum Gasteiger partial charge on any atom is 0.194 e. The quantitative estimate of drug-likeness (QED) is 0.719. The van der Waals surface area contributed by atoms with Crippen molar-refractivity contribution < 1.29 is 9.52 Å². The van der Waals surface area contributed by atoms with E-state index in [-0.39, 0.29) is 6.61 Å². The fourth-order valence-corrected chi connectivity index (χ4v) is 4.62. The largest absolute Gasteiger partial charge is 0.465 e. The highest BCUT2D eigenvalue weighted by Gasteiger charge is 2.28. The summed E-state index contributed by atoms with van der Waals surface area (Å²) in [5.74, 6) is 1.96. The molecule has 3 aromatic heterocycles. The van der Waals surface area contributed by atoms with E-state index in [1.165, 1.54) is 5.69 Å². The molecule has 26 heavy (non-hydrogen) atoms. The number of aliphatic hydroxyl groups excluding tert-OH is 1. The zero-order chi connectivity index (χ0) is 18.1. The van der Waals surface area contributed by atoms with Gasteiger partial charge in [0.1, 0.15) is 11.5 Å². The Labute approximate surface area is 157 Å². The van der Waals surface area contributed by atoms with E-state index in [4.69, 9.17) is 4.42 Å².